The maximum absolute atomic E-state index is 5.79. The van der Waals surface area contributed by atoms with Gasteiger partial charge in [0.2, 0.25) is 5.89 Å². The normalized spacial score (nSPS) is 12.7. The number of alkyl halides is 1. The highest BCUT2D eigenvalue weighted by atomic mass is 35.5. The molecule has 0 radical (unpaired) electrons. The van der Waals surface area contributed by atoms with Crippen molar-refractivity contribution in [2.45, 2.75) is 12.3 Å². The third-order valence-electron chi connectivity index (χ3n) is 1.73. The van der Waals surface area contributed by atoms with Crippen molar-refractivity contribution in [1.82, 2.24) is 15.2 Å². The molecule has 0 N–H and O–H groups in total. The van der Waals surface area contributed by atoms with Crippen molar-refractivity contribution in [3.05, 3.63) is 29.2 Å². The van der Waals surface area contributed by atoms with E-state index in [1.54, 1.807) is 19.1 Å². The Hall–Kier alpha value is -1.13. The van der Waals surface area contributed by atoms with E-state index in [0.29, 0.717) is 22.5 Å². The lowest BCUT2D eigenvalue weighted by Gasteiger charge is -1.94. The molecular formula is C9H7Cl2N3O. The summed E-state index contributed by atoms with van der Waals surface area (Å²) in [5.74, 6) is 0.720. The molecule has 1 atom stereocenters. The molecule has 4 nitrogen and oxygen atoms in total. The van der Waals surface area contributed by atoms with Crippen LogP contribution in [0.5, 0.6) is 0 Å². The second kappa shape index (κ2) is 4.16. The van der Waals surface area contributed by atoms with Gasteiger partial charge in [-0.05, 0) is 19.1 Å². The zero-order valence-corrected chi connectivity index (χ0v) is 9.33. The van der Waals surface area contributed by atoms with Gasteiger partial charge in [-0.1, -0.05) is 11.6 Å². The first kappa shape index (κ1) is 10.4. The molecule has 2 heterocycles. The lowest BCUT2D eigenvalue weighted by atomic mass is 10.3. The van der Waals surface area contributed by atoms with Gasteiger partial charge in [-0.15, -0.1) is 21.8 Å². The van der Waals surface area contributed by atoms with Crippen LogP contribution in [0.15, 0.2) is 22.7 Å². The monoisotopic (exact) mass is 243 g/mol. The predicted octanol–water partition coefficient (Wildman–Crippen LogP) is 3.08. The number of hydrogen-bond acceptors (Lipinski definition) is 4. The summed E-state index contributed by atoms with van der Waals surface area (Å²) in [6, 6.07) is 3.41. The fraction of sp³-hybridized carbons (Fsp3) is 0.222. The van der Waals surface area contributed by atoms with E-state index in [2.05, 4.69) is 15.2 Å². The fourth-order valence-corrected chi connectivity index (χ4v) is 1.20. The summed E-state index contributed by atoms with van der Waals surface area (Å²) in [6.45, 7) is 1.76. The molecule has 0 aromatic carbocycles. The Morgan fingerprint density at radius 1 is 1.33 bits per heavy atom. The molecule has 6 heteroatoms. The van der Waals surface area contributed by atoms with E-state index in [1.165, 1.54) is 6.20 Å². The number of halogens is 2. The van der Waals surface area contributed by atoms with Gasteiger partial charge in [0.25, 0.3) is 5.89 Å². The fourth-order valence-electron chi connectivity index (χ4n) is 1.00. The molecule has 0 saturated heterocycles. The third-order valence-corrected chi connectivity index (χ3v) is 2.14. The van der Waals surface area contributed by atoms with Crippen LogP contribution in [0.2, 0.25) is 5.02 Å². The van der Waals surface area contributed by atoms with E-state index in [9.17, 15) is 0 Å². The van der Waals surface area contributed by atoms with Crippen LogP contribution in [0, 0.1) is 0 Å². The average Bonchev–Trinajstić information content (AvgIpc) is 2.68. The van der Waals surface area contributed by atoms with Gasteiger partial charge in [0, 0.05) is 6.20 Å². The molecule has 0 amide bonds. The molecule has 1 unspecified atom stereocenters. The van der Waals surface area contributed by atoms with Crippen LogP contribution in [-0.2, 0) is 0 Å². The molecule has 78 valence electrons. The van der Waals surface area contributed by atoms with Gasteiger partial charge in [0.15, 0.2) is 0 Å². The molecule has 0 saturated carbocycles. The number of hydrogen-bond donors (Lipinski definition) is 0. The second-order valence-electron chi connectivity index (χ2n) is 2.92. The standard InChI is InChI=1S/C9H7Cl2N3O/c1-5(10)8-13-14-9(15-8)7-3-2-6(11)4-12-7/h2-5H,1H3. The number of pyridine rings is 1. The molecule has 15 heavy (non-hydrogen) atoms. The van der Waals surface area contributed by atoms with Crippen LogP contribution in [0.25, 0.3) is 11.6 Å². The molecule has 0 aliphatic rings. The van der Waals surface area contributed by atoms with Crippen LogP contribution >= 0.6 is 23.2 Å². The Kier molecular flexibility index (Phi) is 2.88. The highest BCUT2D eigenvalue weighted by Crippen LogP contribution is 2.22. The topological polar surface area (TPSA) is 51.8 Å². The Morgan fingerprint density at radius 2 is 2.13 bits per heavy atom. The summed E-state index contributed by atoms with van der Waals surface area (Å²) in [6.07, 6.45) is 1.52. The minimum absolute atomic E-state index is 0.307. The lowest BCUT2D eigenvalue weighted by molar-refractivity contribution is 0.505. The molecule has 0 aliphatic heterocycles. The van der Waals surface area contributed by atoms with Crippen molar-refractivity contribution >= 4 is 23.2 Å². The molecule has 2 rings (SSSR count). The van der Waals surface area contributed by atoms with E-state index in [-0.39, 0.29) is 5.38 Å². The van der Waals surface area contributed by atoms with Crippen LogP contribution < -0.4 is 0 Å². The minimum atomic E-state index is -0.307. The third kappa shape index (κ3) is 2.27. The molecule has 0 aliphatic carbocycles. The van der Waals surface area contributed by atoms with E-state index in [0.717, 1.165) is 0 Å². The second-order valence-corrected chi connectivity index (χ2v) is 4.01. The van der Waals surface area contributed by atoms with E-state index in [1.807, 2.05) is 0 Å². The Labute approximate surface area is 96.2 Å². The Balaban J connectivity index is 2.33. The number of aromatic nitrogens is 3. The van der Waals surface area contributed by atoms with Gasteiger partial charge in [0.05, 0.1) is 5.02 Å². The first-order valence-corrected chi connectivity index (χ1v) is 5.07. The predicted molar refractivity (Wildman–Crippen MR) is 56.8 cm³/mol. The van der Waals surface area contributed by atoms with Gasteiger partial charge in [-0.2, -0.15) is 0 Å². The maximum atomic E-state index is 5.79. The van der Waals surface area contributed by atoms with E-state index < -0.39 is 0 Å². The number of nitrogens with zero attached hydrogens (tertiary/aromatic N) is 3. The van der Waals surface area contributed by atoms with Crippen LogP contribution in [0.4, 0.5) is 0 Å². The molecule has 2 aromatic heterocycles. The van der Waals surface area contributed by atoms with Crippen LogP contribution in [-0.4, -0.2) is 15.2 Å². The SMILES string of the molecule is CC(Cl)c1nnc(-c2ccc(Cl)cn2)o1. The highest BCUT2D eigenvalue weighted by molar-refractivity contribution is 6.30. The molecule has 0 bridgehead atoms. The summed E-state index contributed by atoms with van der Waals surface area (Å²) in [5.41, 5.74) is 0.579. The van der Waals surface area contributed by atoms with Crippen molar-refractivity contribution in [2.75, 3.05) is 0 Å². The zero-order chi connectivity index (χ0) is 10.8. The summed E-state index contributed by atoms with van der Waals surface area (Å²) >= 11 is 11.5. The maximum Gasteiger partial charge on any atom is 0.266 e. The van der Waals surface area contributed by atoms with E-state index in [4.69, 9.17) is 27.6 Å². The highest BCUT2D eigenvalue weighted by Gasteiger charge is 2.13. The van der Waals surface area contributed by atoms with Gasteiger partial charge < -0.3 is 4.42 Å². The molecule has 2 aromatic rings. The van der Waals surface area contributed by atoms with Gasteiger partial charge in [-0.25, -0.2) is 4.98 Å². The van der Waals surface area contributed by atoms with Crippen LogP contribution in [0.3, 0.4) is 0 Å². The Bertz CT molecular complexity index is 453. The van der Waals surface area contributed by atoms with Crippen molar-refractivity contribution in [2.24, 2.45) is 0 Å². The van der Waals surface area contributed by atoms with Crippen molar-refractivity contribution < 1.29 is 4.42 Å². The first-order chi connectivity index (χ1) is 7.16. The smallest absolute Gasteiger partial charge is 0.266 e. The van der Waals surface area contributed by atoms with E-state index >= 15 is 0 Å². The van der Waals surface area contributed by atoms with Crippen molar-refractivity contribution in [3.63, 3.8) is 0 Å². The first-order valence-electron chi connectivity index (χ1n) is 4.26. The number of rotatable bonds is 2. The quantitative estimate of drug-likeness (QED) is 0.761. The minimum Gasteiger partial charge on any atom is -0.418 e. The summed E-state index contributed by atoms with van der Waals surface area (Å²) < 4.78 is 5.31. The average molecular weight is 244 g/mol. The van der Waals surface area contributed by atoms with Crippen molar-refractivity contribution in [3.8, 4) is 11.6 Å². The van der Waals surface area contributed by atoms with Gasteiger partial charge in [0.1, 0.15) is 11.1 Å². The molecule has 0 spiro atoms. The Morgan fingerprint density at radius 3 is 2.67 bits per heavy atom. The molecule has 0 fully saturated rings. The van der Waals surface area contributed by atoms with Crippen molar-refractivity contribution in [1.29, 1.82) is 0 Å². The zero-order valence-electron chi connectivity index (χ0n) is 7.82. The summed E-state index contributed by atoms with van der Waals surface area (Å²) in [4.78, 5) is 4.05. The summed E-state index contributed by atoms with van der Waals surface area (Å²) in [7, 11) is 0. The lowest BCUT2D eigenvalue weighted by Crippen LogP contribution is -1.82. The summed E-state index contributed by atoms with van der Waals surface area (Å²) in [5, 5.41) is 7.88. The van der Waals surface area contributed by atoms with Crippen LogP contribution in [0.1, 0.15) is 18.2 Å². The molecular weight excluding hydrogens is 237 g/mol. The van der Waals surface area contributed by atoms with Gasteiger partial charge in [-0.3, -0.25) is 0 Å². The largest absolute Gasteiger partial charge is 0.418 e. The van der Waals surface area contributed by atoms with Gasteiger partial charge >= 0.3 is 0 Å².